The first-order chi connectivity index (χ1) is 15.0. The van der Waals surface area contributed by atoms with Gasteiger partial charge in [-0.05, 0) is 54.1 Å². The lowest BCUT2D eigenvalue weighted by Gasteiger charge is -2.22. The Morgan fingerprint density at radius 2 is 1.94 bits per heavy atom. The summed E-state index contributed by atoms with van der Waals surface area (Å²) in [5.41, 5.74) is 6.02. The van der Waals surface area contributed by atoms with Crippen molar-refractivity contribution in [3.63, 3.8) is 0 Å². The molecule has 0 atom stereocenters. The Kier molecular flexibility index (Phi) is 4.79. The highest BCUT2D eigenvalue weighted by Gasteiger charge is 2.29. The van der Waals surface area contributed by atoms with Crippen molar-refractivity contribution >= 4 is 22.6 Å². The molecule has 5 rings (SSSR count). The van der Waals surface area contributed by atoms with Crippen molar-refractivity contribution < 1.29 is 0 Å². The van der Waals surface area contributed by atoms with Gasteiger partial charge in [0.25, 0.3) is 0 Å². The number of hydrogen-bond acceptors (Lipinski definition) is 4. The maximum atomic E-state index is 9.41. The topological polar surface area (TPSA) is 72.3 Å². The van der Waals surface area contributed by atoms with Gasteiger partial charge in [0, 0.05) is 36.5 Å². The minimum absolute atomic E-state index is 0.318. The standard InChI is InChI=1S/C24H23ClN6/c1-24(9-3-4-10-24)15-31-14-17(13-27-31)19-7-6-18(12-26)28-22(19)16-5-8-21-20(11-16)29-23(25)30(21)2/h5-8,11,13-14H,3-4,9-10,15H2,1-2H3. The second-order valence-electron chi connectivity index (χ2n) is 8.79. The van der Waals surface area contributed by atoms with E-state index in [4.69, 9.17) is 11.6 Å². The second kappa shape index (κ2) is 7.51. The molecule has 6 nitrogen and oxygen atoms in total. The third kappa shape index (κ3) is 3.60. The van der Waals surface area contributed by atoms with Crippen LogP contribution in [0.4, 0.5) is 0 Å². The molecular formula is C24H23ClN6. The number of fused-ring (bicyclic) bond motifs is 1. The number of aromatic nitrogens is 5. The third-order valence-electron chi connectivity index (χ3n) is 6.41. The van der Waals surface area contributed by atoms with Crippen LogP contribution in [0.1, 0.15) is 38.3 Å². The highest BCUT2D eigenvalue weighted by Crippen LogP contribution is 2.39. The SMILES string of the molecule is Cn1c(Cl)nc2cc(-c3nc(C#N)ccc3-c3cnn(CC4(C)CCCC4)c3)ccc21. The number of halogens is 1. The van der Waals surface area contributed by atoms with Crippen LogP contribution in [0.25, 0.3) is 33.4 Å². The average Bonchev–Trinajstić information content (AvgIpc) is 3.48. The van der Waals surface area contributed by atoms with Crippen molar-refractivity contribution in [1.29, 1.82) is 5.26 Å². The summed E-state index contributed by atoms with van der Waals surface area (Å²) in [5.74, 6) is 0. The first-order valence-corrected chi connectivity index (χ1v) is 10.9. The van der Waals surface area contributed by atoms with Gasteiger partial charge in [0.2, 0.25) is 5.28 Å². The average molecular weight is 431 g/mol. The summed E-state index contributed by atoms with van der Waals surface area (Å²) < 4.78 is 3.89. The summed E-state index contributed by atoms with van der Waals surface area (Å²) in [6, 6.07) is 11.8. The van der Waals surface area contributed by atoms with Crippen molar-refractivity contribution in [3.8, 4) is 28.5 Å². The van der Waals surface area contributed by atoms with Crippen LogP contribution >= 0.6 is 11.6 Å². The van der Waals surface area contributed by atoms with E-state index in [0.717, 1.165) is 40.0 Å². The van der Waals surface area contributed by atoms with Gasteiger partial charge in [0.1, 0.15) is 11.8 Å². The van der Waals surface area contributed by atoms with Crippen molar-refractivity contribution in [2.45, 2.75) is 39.2 Å². The maximum Gasteiger partial charge on any atom is 0.203 e. The third-order valence-corrected chi connectivity index (χ3v) is 6.75. The van der Waals surface area contributed by atoms with Crippen LogP contribution in [0.2, 0.25) is 5.28 Å². The molecular weight excluding hydrogens is 408 g/mol. The number of rotatable bonds is 4. The zero-order chi connectivity index (χ0) is 21.6. The van der Waals surface area contributed by atoms with Crippen molar-refractivity contribution in [2.24, 2.45) is 12.5 Å². The van der Waals surface area contributed by atoms with Crippen LogP contribution in [-0.4, -0.2) is 24.3 Å². The fourth-order valence-corrected chi connectivity index (χ4v) is 4.84. The molecule has 3 heterocycles. The first kappa shape index (κ1) is 19.8. The van der Waals surface area contributed by atoms with Crippen LogP contribution in [0, 0.1) is 16.7 Å². The summed E-state index contributed by atoms with van der Waals surface area (Å²) in [6.07, 6.45) is 9.08. The van der Waals surface area contributed by atoms with Gasteiger partial charge in [0.05, 0.1) is 22.9 Å². The van der Waals surface area contributed by atoms with E-state index >= 15 is 0 Å². The first-order valence-electron chi connectivity index (χ1n) is 10.5. The van der Waals surface area contributed by atoms with Crippen molar-refractivity contribution in [2.75, 3.05) is 0 Å². The Morgan fingerprint density at radius 1 is 1.13 bits per heavy atom. The van der Waals surface area contributed by atoms with Gasteiger partial charge < -0.3 is 4.57 Å². The molecule has 0 aliphatic heterocycles. The minimum atomic E-state index is 0.318. The summed E-state index contributed by atoms with van der Waals surface area (Å²) in [6.45, 7) is 3.27. The van der Waals surface area contributed by atoms with E-state index in [1.54, 1.807) is 6.07 Å². The van der Waals surface area contributed by atoms with Crippen LogP contribution < -0.4 is 0 Å². The molecule has 4 aromatic rings. The Bertz CT molecular complexity index is 1320. The largest absolute Gasteiger partial charge is 0.318 e. The molecule has 156 valence electrons. The number of imidazole rings is 1. The molecule has 1 saturated carbocycles. The fourth-order valence-electron chi connectivity index (χ4n) is 4.66. The van der Waals surface area contributed by atoms with Gasteiger partial charge in [-0.25, -0.2) is 9.97 Å². The highest BCUT2D eigenvalue weighted by atomic mass is 35.5. The van der Waals surface area contributed by atoms with Gasteiger partial charge in [-0.2, -0.15) is 10.4 Å². The maximum absolute atomic E-state index is 9.41. The van der Waals surface area contributed by atoms with E-state index in [1.807, 2.05) is 46.8 Å². The van der Waals surface area contributed by atoms with Crippen molar-refractivity contribution in [1.82, 2.24) is 24.3 Å². The molecule has 0 amide bonds. The number of nitriles is 1. The van der Waals surface area contributed by atoms with Crippen molar-refractivity contribution in [3.05, 3.63) is 53.7 Å². The van der Waals surface area contributed by atoms with Crippen LogP contribution in [0.15, 0.2) is 42.7 Å². The van der Waals surface area contributed by atoms with E-state index in [-0.39, 0.29) is 0 Å². The van der Waals surface area contributed by atoms with Crippen LogP contribution in [-0.2, 0) is 13.6 Å². The molecule has 1 aliphatic carbocycles. The monoisotopic (exact) mass is 430 g/mol. The van der Waals surface area contributed by atoms with Gasteiger partial charge >= 0.3 is 0 Å². The number of pyridine rings is 1. The summed E-state index contributed by atoms with van der Waals surface area (Å²) >= 11 is 6.19. The van der Waals surface area contributed by atoms with Gasteiger partial charge in [-0.15, -0.1) is 0 Å². The van der Waals surface area contributed by atoms with Gasteiger partial charge in [-0.1, -0.05) is 25.8 Å². The quantitative estimate of drug-likeness (QED) is 0.422. The number of aryl methyl sites for hydroxylation is 1. The molecule has 0 N–H and O–H groups in total. The summed E-state index contributed by atoms with van der Waals surface area (Å²) in [7, 11) is 1.89. The van der Waals surface area contributed by atoms with E-state index < -0.39 is 0 Å². The predicted molar refractivity (Wildman–Crippen MR) is 121 cm³/mol. The molecule has 0 saturated heterocycles. The second-order valence-corrected chi connectivity index (χ2v) is 9.13. The van der Waals surface area contributed by atoms with E-state index in [2.05, 4.69) is 34.3 Å². The zero-order valence-electron chi connectivity index (χ0n) is 17.6. The van der Waals surface area contributed by atoms with Gasteiger partial charge in [-0.3, -0.25) is 4.68 Å². The lowest BCUT2D eigenvalue weighted by molar-refractivity contribution is 0.268. The molecule has 31 heavy (non-hydrogen) atoms. The zero-order valence-corrected chi connectivity index (χ0v) is 18.4. The molecule has 1 aliphatic rings. The molecule has 0 spiro atoms. The highest BCUT2D eigenvalue weighted by molar-refractivity contribution is 6.29. The molecule has 7 heteroatoms. The minimum Gasteiger partial charge on any atom is -0.318 e. The Morgan fingerprint density at radius 3 is 2.71 bits per heavy atom. The lowest BCUT2D eigenvalue weighted by Crippen LogP contribution is -2.19. The number of benzene rings is 1. The van der Waals surface area contributed by atoms with E-state index in [1.165, 1.54) is 25.7 Å². The summed E-state index contributed by atoms with van der Waals surface area (Å²) in [5, 5.41) is 14.5. The normalized spacial score (nSPS) is 15.4. The molecule has 0 radical (unpaired) electrons. The molecule has 0 unspecified atom stereocenters. The Labute approximate surface area is 186 Å². The lowest BCUT2D eigenvalue weighted by atomic mass is 9.89. The van der Waals surface area contributed by atoms with Crippen LogP contribution in [0.3, 0.4) is 0 Å². The van der Waals surface area contributed by atoms with Crippen LogP contribution in [0.5, 0.6) is 0 Å². The molecule has 0 bridgehead atoms. The smallest absolute Gasteiger partial charge is 0.203 e. The molecule has 3 aromatic heterocycles. The fraction of sp³-hybridized carbons (Fsp3) is 0.333. The Hall–Kier alpha value is -3.17. The van der Waals surface area contributed by atoms with E-state index in [0.29, 0.717) is 16.4 Å². The summed E-state index contributed by atoms with van der Waals surface area (Å²) in [4.78, 5) is 9.07. The Balaban J connectivity index is 1.57. The molecule has 1 fully saturated rings. The predicted octanol–water partition coefficient (Wildman–Crippen LogP) is 5.60. The molecule has 1 aromatic carbocycles. The van der Waals surface area contributed by atoms with E-state index in [9.17, 15) is 5.26 Å². The van der Waals surface area contributed by atoms with Gasteiger partial charge in [0.15, 0.2) is 0 Å². The number of hydrogen-bond donors (Lipinski definition) is 0. The number of nitrogens with zero attached hydrogens (tertiary/aromatic N) is 6.